The number of hydrogen-bond donors (Lipinski definition) is 1. The molecular formula is C15H23ClN2O. The molecule has 0 saturated carbocycles. The van der Waals surface area contributed by atoms with Gasteiger partial charge in [-0.05, 0) is 50.6 Å². The lowest BCUT2D eigenvalue weighted by Gasteiger charge is -2.39. The van der Waals surface area contributed by atoms with E-state index in [4.69, 9.17) is 16.3 Å². The highest BCUT2D eigenvalue weighted by atomic mass is 35.5. The Morgan fingerprint density at radius 2 is 2.11 bits per heavy atom. The molecule has 1 aliphatic heterocycles. The molecule has 0 aromatic heterocycles. The lowest BCUT2D eigenvalue weighted by Crippen LogP contribution is -2.48. The Labute approximate surface area is 120 Å². The van der Waals surface area contributed by atoms with Crippen molar-refractivity contribution in [3.63, 3.8) is 0 Å². The Hall–Kier alpha value is -0.770. The summed E-state index contributed by atoms with van der Waals surface area (Å²) in [6, 6.07) is 7.84. The SMILES string of the molecule is COC1(C)CCCN(CCNc2ccc(Cl)cc2)C1. The van der Waals surface area contributed by atoms with Gasteiger partial charge in [0.25, 0.3) is 0 Å². The van der Waals surface area contributed by atoms with Gasteiger partial charge in [0, 0.05) is 37.5 Å². The molecule has 1 atom stereocenters. The Kier molecular flexibility index (Phi) is 5.08. The maximum Gasteiger partial charge on any atom is 0.0777 e. The third-order valence-electron chi connectivity index (χ3n) is 3.83. The van der Waals surface area contributed by atoms with Crippen molar-refractivity contribution in [1.82, 2.24) is 4.90 Å². The third-order valence-corrected chi connectivity index (χ3v) is 4.08. The van der Waals surface area contributed by atoms with Crippen LogP contribution in [0, 0.1) is 0 Å². The summed E-state index contributed by atoms with van der Waals surface area (Å²) in [7, 11) is 1.81. The monoisotopic (exact) mass is 282 g/mol. The van der Waals surface area contributed by atoms with Crippen LogP contribution in [0.3, 0.4) is 0 Å². The van der Waals surface area contributed by atoms with Crippen molar-refractivity contribution in [1.29, 1.82) is 0 Å². The molecule has 1 aliphatic rings. The summed E-state index contributed by atoms with van der Waals surface area (Å²) in [6.07, 6.45) is 2.37. The summed E-state index contributed by atoms with van der Waals surface area (Å²) < 4.78 is 5.61. The van der Waals surface area contributed by atoms with Crippen LogP contribution in [-0.2, 0) is 4.74 Å². The molecule has 1 aromatic rings. The number of ether oxygens (including phenoxy) is 1. The van der Waals surface area contributed by atoms with Crippen LogP contribution in [0.1, 0.15) is 19.8 Å². The second-order valence-corrected chi connectivity index (χ2v) is 5.90. The molecular weight excluding hydrogens is 260 g/mol. The van der Waals surface area contributed by atoms with E-state index in [2.05, 4.69) is 17.1 Å². The Balaban J connectivity index is 1.75. The smallest absolute Gasteiger partial charge is 0.0777 e. The van der Waals surface area contributed by atoms with E-state index >= 15 is 0 Å². The van der Waals surface area contributed by atoms with Gasteiger partial charge in [0.2, 0.25) is 0 Å². The fourth-order valence-electron chi connectivity index (χ4n) is 2.59. The maximum absolute atomic E-state index is 5.86. The zero-order chi connectivity index (χ0) is 13.7. The molecule has 0 spiro atoms. The highest BCUT2D eigenvalue weighted by Crippen LogP contribution is 2.23. The van der Waals surface area contributed by atoms with E-state index in [1.807, 2.05) is 31.4 Å². The number of halogens is 1. The number of benzene rings is 1. The zero-order valence-electron chi connectivity index (χ0n) is 11.8. The fraction of sp³-hybridized carbons (Fsp3) is 0.600. The lowest BCUT2D eigenvalue weighted by atomic mass is 9.95. The molecule has 0 amide bonds. The molecule has 0 bridgehead atoms. The minimum atomic E-state index is 0.0263. The number of methoxy groups -OCH3 is 1. The van der Waals surface area contributed by atoms with Crippen molar-refractivity contribution in [3.05, 3.63) is 29.3 Å². The minimum absolute atomic E-state index is 0.0263. The molecule has 0 aliphatic carbocycles. The summed E-state index contributed by atoms with van der Waals surface area (Å²) in [5.41, 5.74) is 1.15. The van der Waals surface area contributed by atoms with Gasteiger partial charge in [0.05, 0.1) is 5.60 Å². The van der Waals surface area contributed by atoms with Crippen molar-refractivity contribution < 1.29 is 4.74 Å². The predicted octanol–water partition coefficient (Wildman–Crippen LogP) is 3.25. The summed E-state index contributed by atoms with van der Waals surface area (Å²) in [5.74, 6) is 0. The fourth-order valence-corrected chi connectivity index (χ4v) is 2.72. The molecule has 1 fully saturated rings. The van der Waals surface area contributed by atoms with Gasteiger partial charge in [0.1, 0.15) is 0 Å². The first-order valence-corrected chi connectivity index (χ1v) is 7.26. The zero-order valence-corrected chi connectivity index (χ0v) is 12.5. The standard InChI is InChI=1S/C15H23ClN2O/c1-15(19-2)8-3-10-18(12-15)11-9-17-14-6-4-13(16)5-7-14/h4-7,17H,3,8-12H2,1-2H3. The first-order chi connectivity index (χ1) is 9.11. The van der Waals surface area contributed by atoms with E-state index in [9.17, 15) is 0 Å². The molecule has 19 heavy (non-hydrogen) atoms. The first kappa shape index (κ1) is 14.6. The van der Waals surface area contributed by atoms with Crippen LogP contribution in [0.4, 0.5) is 5.69 Å². The van der Waals surface area contributed by atoms with Crippen LogP contribution in [0.2, 0.25) is 5.02 Å². The van der Waals surface area contributed by atoms with Crippen LogP contribution in [-0.4, -0.2) is 43.8 Å². The largest absolute Gasteiger partial charge is 0.384 e. The second kappa shape index (κ2) is 6.60. The lowest BCUT2D eigenvalue weighted by molar-refractivity contribution is -0.0496. The van der Waals surface area contributed by atoms with E-state index < -0.39 is 0 Å². The van der Waals surface area contributed by atoms with E-state index in [-0.39, 0.29) is 5.60 Å². The Morgan fingerprint density at radius 1 is 1.37 bits per heavy atom. The van der Waals surface area contributed by atoms with Gasteiger partial charge < -0.3 is 10.1 Å². The number of likely N-dealkylation sites (tertiary alicyclic amines) is 1. The molecule has 1 N–H and O–H groups in total. The van der Waals surface area contributed by atoms with E-state index in [0.717, 1.165) is 36.8 Å². The average molecular weight is 283 g/mol. The number of anilines is 1. The van der Waals surface area contributed by atoms with Crippen LogP contribution >= 0.6 is 11.6 Å². The Morgan fingerprint density at radius 3 is 2.79 bits per heavy atom. The average Bonchev–Trinajstić information content (AvgIpc) is 2.41. The highest BCUT2D eigenvalue weighted by Gasteiger charge is 2.30. The molecule has 4 heteroatoms. The second-order valence-electron chi connectivity index (χ2n) is 5.47. The van der Waals surface area contributed by atoms with Crippen molar-refractivity contribution in [3.8, 4) is 0 Å². The van der Waals surface area contributed by atoms with E-state index in [0.29, 0.717) is 0 Å². The van der Waals surface area contributed by atoms with Crippen molar-refractivity contribution >= 4 is 17.3 Å². The number of nitrogens with one attached hydrogen (secondary N) is 1. The van der Waals surface area contributed by atoms with Crippen LogP contribution in [0.5, 0.6) is 0 Å². The summed E-state index contributed by atoms with van der Waals surface area (Å²) in [6.45, 7) is 6.38. The van der Waals surface area contributed by atoms with Crippen molar-refractivity contribution in [2.45, 2.75) is 25.4 Å². The van der Waals surface area contributed by atoms with Crippen LogP contribution in [0.25, 0.3) is 0 Å². The normalized spacial score (nSPS) is 24.4. The molecule has 1 heterocycles. The van der Waals surface area contributed by atoms with Crippen LogP contribution < -0.4 is 5.32 Å². The number of piperidine rings is 1. The van der Waals surface area contributed by atoms with Crippen LogP contribution in [0.15, 0.2) is 24.3 Å². The highest BCUT2D eigenvalue weighted by molar-refractivity contribution is 6.30. The predicted molar refractivity (Wildman–Crippen MR) is 81.0 cm³/mol. The molecule has 2 rings (SSSR count). The van der Waals surface area contributed by atoms with Crippen molar-refractivity contribution in [2.75, 3.05) is 38.6 Å². The molecule has 1 aromatic carbocycles. The number of nitrogens with zero attached hydrogens (tertiary/aromatic N) is 1. The van der Waals surface area contributed by atoms with Gasteiger partial charge in [-0.3, -0.25) is 4.90 Å². The summed E-state index contributed by atoms with van der Waals surface area (Å²) >= 11 is 5.86. The van der Waals surface area contributed by atoms with Crippen molar-refractivity contribution in [2.24, 2.45) is 0 Å². The molecule has 3 nitrogen and oxygen atoms in total. The third kappa shape index (κ3) is 4.37. The Bertz CT molecular complexity index is 396. The topological polar surface area (TPSA) is 24.5 Å². The number of rotatable bonds is 5. The molecule has 0 radical (unpaired) electrons. The quantitative estimate of drug-likeness (QED) is 0.897. The molecule has 106 valence electrons. The first-order valence-electron chi connectivity index (χ1n) is 6.88. The van der Waals surface area contributed by atoms with E-state index in [1.54, 1.807) is 0 Å². The molecule has 1 saturated heterocycles. The van der Waals surface area contributed by atoms with E-state index in [1.165, 1.54) is 13.0 Å². The maximum atomic E-state index is 5.86. The summed E-state index contributed by atoms with van der Waals surface area (Å²) in [4.78, 5) is 2.47. The van der Waals surface area contributed by atoms with Gasteiger partial charge in [0.15, 0.2) is 0 Å². The minimum Gasteiger partial charge on any atom is -0.384 e. The van der Waals surface area contributed by atoms with Gasteiger partial charge in [-0.15, -0.1) is 0 Å². The van der Waals surface area contributed by atoms with Gasteiger partial charge in [-0.1, -0.05) is 11.6 Å². The van der Waals surface area contributed by atoms with Gasteiger partial charge in [-0.25, -0.2) is 0 Å². The summed E-state index contributed by atoms with van der Waals surface area (Å²) in [5, 5.41) is 4.20. The number of hydrogen-bond acceptors (Lipinski definition) is 3. The van der Waals surface area contributed by atoms with Gasteiger partial charge in [-0.2, -0.15) is 0 Å². The molecule has 1 unspecified atom stereocenters. The van der Waals surface area contributed by atoms with Gasteiger partial charge >= 0.3 is 0 Å².